The van der Waals surface area contributed by atoms with Crippen molar-refractivity contribution in [1.82, 2.24) is 24.8 Å². The number of amides is 1. The number of fused-ring (bicyclic) bond motifs is 1. The first kappa shape index (κ1) is 19.4. The quantitative estimate of drug-likeness (QED) is 0.697. The number of carbonyl (C=O) groups excluding carboxylic acids is 1. The van der Waals surface area contributed by atoms with Gasteiger partial charge in [-0.2, -0.15) is 0 Å². The summed E-state index contributed by atoms with van der Waals surface area (Å²) in [5.74, 6) is 2.36. The Bertz CT molecular complexity index is 1080. The van der Waals surface area contributed by atoms with Gasteiger partial charge in [-0.3, -0.25) is 9.78 Å². The molecule has 0 aliphatic carbocycles. The second-order valence-corrected chi connectivity index (χ2v) is 8.05. The van der Waals surface area contributed by atoms with Gasteiger partial charge < -0.3 is 15.0 Å². The van der Waals surface area contributed by atoms with Crippen LogP contribution in [0.5, 0.6) is 5.75 Å². The maximum absolute atomic E-state index is 13.0. The number of aromatic nitrogens is 4. The van der Waals surface area contributed by atoms with Gasteiger partial charge in [0.1, 0.15) is 11.9 Å². The van der Waals surface area contributed by atoms with E-state index in [0.29, 0.717) is 24.9 Å². The first-order valence-electron chi connectivity index (χ1n) is 10.6. The maximum Gasteiger partial charge on any atom is 0.253 e. The van der Waals surface area contributed by atoms with E-state index < -0.39 is 0 Å². The number of ether oxygens (including phenoxy) is 1. The van der Waals surface area contributed by atoms with Crippen molar-refractivity contribution in [2.75, 3.05) is 18.4 Å². The molecule has 2 aliphatic rings. The van der Waals surface area contributed by atoms with Gasteiger partial charge in [0, 0.05) is 49.6 Å². The van der Waals surface area contributed by atoms with E-state index in [2.05, 4.69) is 20.3 Å². The minimum atomic E-state index is 0.0866. The summed E-state index contributed by atoms with van der Waals surface area (Å²) in [5, 5.41) is 3.08. The van der Waals surface area contributed by atoms with Crippen LogP contribution in [0, 0.1) is 0 Å². The highest BCUT2D eigenvalue weighted by molar-refractivity contribution is 5.94. The third-order valence-electron chi connectivity index (χ3n) is 5.80. The minimum Gasteiger partial charge on any atom is -0.490 e. The lowest BCUT2D eigenvalue weighted by Crippen LogP contribution is -2.38. The summed E-state index contributed by atoms with van der Waals surface area (Å²) in [6.07, 6.45) is 9.57. The van der Waals surface area contributed by atoms with Gasteiger partial charge in [0.2, 0.25) is 5.95 Å². The number of anilines is 2. The predicted octanol–water partition coefficient (Wildman–Crippen LogP) is 3.35. The van der Waals surface area contributed by atoms with Gasteiger partial charge >= 0.3 is 0 Å². The Morgan fingerprint density at radius 2 is 1.97 bits per heavy atom. The molecule has 1 N–H and O–H groups in total. The van der Waals surface area contributed by atoms with Crippen molar-refractivity contribution in [3.63, 3.8) is 0 Å². The third kappa shape index (κ3) is 4.19. The summed E-state index contributed by atoms with van der Waals surface area (Å²) in [7, 11) is 0. The maximum atomic E-state index is 13.0. The molecule has 2 aliphatic heterocycles. The molecule has 1 aromatic carbocycles. The fraction of sp³-hybridized carbons (Fsp3) is 0.348. The van der Waals surface area contributed by atoms with Crippen molar-refractivity contribution in [3.05, 3.63) is 65.9 Å². The highest BCUT2D eigenvalue weighted by Crippen LogP contribution is 2.31. The largest absolute Gasteiger partial charge is 0.490 e. The fourth-order valence-electron chi connectivity index (χ4n) is 4.23. The number of carbonyl (C=O) groups is 1. The molecule has 1 amide bonds. The van der Waals surface area contributed by atoms with E-state index in [1.165, 1.54) is 0 Å². The first-order chi connectivity index (χ1) is 15.2. The van der Waals surface area contributed by atoms with E-state index in [0.717, 1.165) is 41.8 Å². The van der Waals surface area contributed by atoms with E-state index in [1.54, 1.807) is 30.9 Å². The zero-order valence-electron chi connectivity index (χ0n) is 17.4. The van der Waals surface area contributed by atoms with E-state index in [-0.39, 0.29) is 17.9 Å². The number of rotatable bonds is 4. The SMILES string of the molecule is CC1Cc2cc(C(=O)N3CCC(c4cncc(Nc5ncccn5)n4)CC3)ccc2O1. The molecule has 158 valence electrons. The number of piperidine rings is 1. The monoisotopic (exact) mass is 416 g/mol. The van der Waals surface area contributed by atoms with Gasteiger partial charge in [0.05, 0.1) is 11.9 Å². The number of benzene rings is 1. The van der Waals surface area contributed by atoms with Crippen molar-refractivity contribution in [3.8, 4) is 5.75 Å². The van der Waals surface area contributed by atoms with Crippen molar-refractivity contribution in [2.24, 2.45) is 0 Å². The summed E-state index contributed by atoms with van der Waals surface area (Å²) in [4.78, 5) is 32.3. The van der Waals surface area contributed by atoms with Crippen molar-refractivity contribution in [2.45, 2.75) is 38.2 Å². The summed E-state index contributed by atoms with van der Waals surface area (Å²) in [5.41, 5.74) is 2.79. The number of hydrogen-bond acceptors (Lipinski definition) is 7. The van der Waals surface area contributed by atoms with Gasteiger partial charge in [-0.25, -0.2) is 15.0 Å². The minimum absolute atomic E-state index is 0.0866. The second-order valence-electron chi connectivity index (χ2n) is 8.05. The molecule has 1 fully saturated rings. The van der Waals surface area contributed by atoms with Crippen LogP contribution in [-0.4, -0.2) is 49.9 Å². The first-order valence-corrected chi connectivity index (χ1v) is 10.6. The molecule has 1 unspecified atom stereocenters. The Morgan fingerprint density at radius 1 is 1.16 bits per heavy atom. The number of hydrogen-bond donors (Lipinski definition) is 1. The van der Waals surface area contributed by atoms with Gasteiger partial charge in [-0.05, 0) is 49.6 Å². The van der Waals surface area contributed by atoms with Gasteiger partial charge in [0.25, 0.3) is 5.91 Å². The number of likely N-dealkylation sites (tertiary alicyclic amines) is 1. The Kier molecular flexibility index (Phi) is 5.19. The van der Waals surface area contributed by atoms with Gasteiger partial charge in [-0.15, -0.1) is 0 Å². The Hall–Kier alpha value is -3.55. The van der Waals surface area contributed by atoms with Gasteiger partial charge in [-0.1, -0.05) is 0 Å². The van der Waals surface area contributed by atoms with Crippen molar-refractivity contribution in [1.29, 1.82) is 0 Å². The summed E-state index contributed by atoms with van der Waals surface area (Å²) >= 11 is 0. The Labute approximate surface area is 180 Å². The summed E-state index contributed by atoms with van der Waals surface area (Å²) < 4.78 is 5.75. The zero-order valence-corrected chi connectivity index (χ0v) is 17.4. The van der Waals surface area contributed by atoms with Crippen LogP contribution in [0.3, 0.4) is 0 Å². The molecule has 2 aromatic heterocycles. The average molecular weight is 416 g/mol. The van der Waals surface area contributed by atoms with Crippen molar-refractivity contribution >= 4 is 17.7 Å². The second kappa shape index (κ2) is 8.29. The number of nitrogens with one attached hydrogen (secondary N) is 1. The van der Waals surface area contributed by atoms with Crippen LogP contribution in [-0.2, 0) is 6.42 Å². The highest BCUT2D eigenvalue weighted by atomic mass is 16.5. The number of nitrogens with zero attached hydrogens (tertiary/aromatic N) is 5. The normalized spacial score (nSPS) is 18.4. The van der Waals surface area contributed by atoms with Crippen LogP contribution in [0.2, 0.25) is 0 Å². The third-order valence-corrected chi connectivity index (χ3v) is 5.80. The molecule has 8 heteroatoms. The van der Waals surface area contributed by atoms with E-state index >= 15 is 0 Å². The highest BCUT2D eigenvalue weighted by Gasteiger charge is 2.27. The predicted molar refractivity (Wildman–Crippen MR) is 115 cm³/mol. The lowest BCUT2D eigenvalue weighted by atomic mass is 9.93. The molecule has 4 heterocycles. The van der Waals surface area contributed by atoms with E-state index in [1.807, 2.05) is 30.0 Å². The lowest BCUT2D eigenvalue weighted by molar-refractivity contribution is 0.0712. The molecule has 1 atom stereocenters. The smallest absolute Gasteiger partial charge is 0.253 e. The molecule has 0 radical (unpaired) electrons. The lowest BCUT2D eigenvalue weighted by Gasteiger charge is -2.31. The zero-order chi connectivity index (χ0) is 21.2. The fourth-order valence-corrected chi connectivity index (χ4v) is 4.23. The average Bonchev–Trinajstić information content (AvgIpc) is 3.19. The summed E-state index contributed by atoms with van der Waals surface area (Å²) in [6, 6.07) is 7.54. The van der Waals surface area contributed by atoms with Crippen LogP contribution < -0.4 is 10.1 Å². The molecule has 0 spiro atoms. The molecule has 5 rings (SSSR count). The van der Waals surface area contributed by atoms with Crippen molar-refractivity contribution < 1.29 is 9.53 Å². The molecule has 8 nitrogen and oxygen atoms in total. The van der Waals surface area contributed by atoms with E-state index in [4.69, 9.17) is 9.72 Å². The molecule has 31 heavy (non-hydrogen) atoms. The summed E-state index contributed by atoms with van der Waals surface area (Å²) in [6.45, 7) is 3.45. The Morgan fingerprint density at radius 3 is 2.77 bits per heavy atom. The topological polar surface area (TPSA) is 93.1 Å². The molecule has 0 bridgehead atoms. The molecular weight excluding hydrogens is 392 g/mol. The molecular formula is C23H24N6O2. The molecule has 3 aromatic rings. The van der Waals surface area contributed by atoms with Crippen LogP contribution in [0.4, 0.5) is 11.8 Å². The standard InChI is InChI=1S/C23H24N6O2/c1-15-11-18-12-17(3-4-20(18)31-15)22(30)29-9-5-16(6-10-29)19-13-24-14-21(27-19)28-23-25-7-2-8-26-23/h2-4,7-8,12-16H,5-6,9-11H2,1H3,(H,25,26,27,28). The van der Waals surface area contributed by atoms with Crippen LogP contribution in [0.15, 0.2) is 49.1 Å². The van der Waals surface area contributed by atoms with Crippen LogP contribution >= 0.6 is 0 Å². The van der Waals surface area contributed by atoms with Gasteiger partial charge in [0.15, 0.2) is 5.82 Å². The Balaban J connectivity index is 1.22. The molecule has 1 saturated heterocycles. The van der Waals surface area contributed by atoms with E-state index in [9.17, 15) is 4.79 Å². The van der Waals surface area contributed by atoms with Crippen LogP contribution in [0.1, 0.15) is 47.3 Å². The molecule has 0 saturated carbocycles. The van der Waals surface area contributed by atoms with Crippen LogP contribution in [0.25, 0.3) is 0 Å².